The Kier molecular flexibility index (Phi) is 4.34. The van der Waals surface area contributed by atoms with Crippen LogP contribution in [0.2, 0.25) is 0 Å². The molecule has 0 amide bonds. The zero-order chi connectivity index (χ0) is 18.1. The monoisotopic (exact) mass is 362 g/mol. The average molecular weight is 362 g/mol. The van der Waals surface area contributed by atoms with E-state index in [9.17, 15) is 4.79 Å². The van der Waals surface area contributed by atoms with Gasteiger partial charge in [-0.05, 0) is 19.9 Å². The predicted molar refractivity (Wildman–Crippen MR) is 105 cm³/mol. The molecule has 2 N–H and O–H groups in total. The Balaban J connectivity index is 1.56. The van der Waals surface area contributed by atoms with Crippen LogP contribution in [0.25, 0.3) is 22.3 Å². The zero-order valence-corrected chi connectivity index (χ0v) is 15.3. The van der Waals surface area contributed by atoms with Crippen LogP contribution in [0, 0.1) is 6.92 Å². The van der Waals surface area contributed by atoms with E-state index in [1.54, 1.807) is 0 Å². The summed E-state index contributed by atoms with van der Waals surface area (Å²) in [5.74, 6) is 0.784. The molecule has 0 spiro atoms. The lowest BCUT2D eigenvalue weighted by Crippen LogP contribution is -2.14. The molecule has 0 unspecified atom stereocenters. The summed E-state index contributed by atoms with van der Waals surface area (Å²) in [6, 6.07) is 17.7. The molecule has 0 saturated carbocycles. The summed E-state index contributed by atoms with van der Waals surface area (Å²) in [6.45, 7) is 3.83. The number of H-pyrrole nitrogens is 2. The van der Waals surface area contributed by atoms with Crippen LogP contribution in [-0.4, -0.2) is 31.2 Å². The SMILES string of the molecule is Cc1[nH]c2ccccc2c1C(=O)[C@H](C)Sc1n[nH]c(-c2ccccc2)n1. The van der Waals surface area contributed by atoms with Gasteiger partial charge in [-0.3, -0.25) is 9.89 Å². The highest BCUT2D eigenvalue weighted by Gasteiger charge is 2.23. The number of benzene rings is 2. The normalized spacial score (nSPS) is 12.4. The molecule has 1 atom stereocenters. The summed E-state index contributed by atoms with van der Waals surface area (Å²) in [6.07, 6.45) is 0. The van der Waals surface area contributed by atoms with Gasteiger partial charge < -0.3 is 4.98 Å². The summed E-state index contributed by atoms with van der Waals surface area (Å²) >= 11 is 1.37. The highest BCUT2D eigenvalue weighted by atomic mass is 32.2. The first-order valence-corrected chi connectivity index (χ1v) is 9.27. The maximum absolute atomic E-state index is 13.0. The molecule has 2 aromatic heterocycles. The number of thioether (sulfide) groups is 1. The maximum atomic E-state index is 13.0. The lowest BCUT2D eigenvalue weighted by Gasteiger charge is -2.08. The Morgan fingerprint density at radius 3 is 2.62 bits per heavy atom. The van der Waals surface area contributed by atoms with Crippen LogP contribution in [0.5, 0.6) is 0 Å². The van der Waals surface area contributed by atoms with Crippen LogP contribution in [0.4, 0.5) is 0 Å². The van der Waals surface area contributed by atoms with E-state index in [-0.39, 0.29) is 11.0 Å². The fourth-order valence-electron chi connectivity index (χ4n) is 3.03. The topological polar surface area (TPSA) is 74.4 Å². The van der Waals surface area contributed by atoms with Crippen molar-refractivity contribution in [2.75, 3.05) is 0 Å². The van der Waals surface area contributed by atoms with Gasteiger partial charge in [-0.1, -0.05) is 60.3 Å². The summed E-state index contributed by atoms with van der Waals surface area (Å²) in [5, 5.41) is 8.44. The Morgan fingerprint density at radius 2 is 1.81 bits per heavy atom. The molecule has 2 heterocycles. The molecule has 26 heavy (non-hydrogen) atoms. The minimum atomic E-state index is -0.285. The van der Waals surface area contributed by atoms with Gasteiger partial charge in [0, 0.05) is 27.7 Å². The average Bonchev–Trinajstić information content (AvgIpc) is 3.25. The molecule has 0 aliphatic rings. The molecule has 5 nitrogen and oxygen atoms in total. The number of aromatic amines is 2. The number of Topliss-reactive ketones (excluding diaryl/α,β-unsaturated/α-hetero) is 1. The van der Waals surface area contributed by atoms with E-state index >= 15 is 0 Å². The predicted octanol–water partition coefficient (Wildman–Crippen LogP) is 4.62. The summed E-state index contributed by atoms with van der Waals surface area (Å²) in [4.78, 5) is 20.8. The molecule has 6 heteroatoms. The number of rotatable bonds is 5. The molecular formula is C20H18N4OS. The van der Waals surface area contributed by atoms with E-state index in [0.29, 0.717) is 11.0 Å². The molecule has 0 bridgehead atoms. The van der Waals surface area contributed by atoms with Crippen LogP contribution < -0.4 is 0 Å². The number of carbonyl (C=O) groups is 1. The number of fused-ring (bicyclic) bond motifs is 1. The number of ketones is 1. The highest BCUT2D eigenvalue weighted by Crippen LogP contribution is 2.29. The number of nitrogens with one attached hydrogen (secondary N) is 2. The first-order valence-electron chi connectivity index (χ1n) is 8.39. The number of para-hydroxylation sites is 1. The Hall–Kier alpha value is -2.86. The highest BCUT2D eigenvalue weighted by molar-refractivity contribution is 8.00. The smallest absolute Gasteiger partial charge is 0.209 e. The van der Waals surface area contributed by atoms with Crippen molar-refractivity contribution in [1.29, 1.82) is 0 Å². The van der Waals surface area contributed by atoms with Crippen molar-refractivity contribution in [2.45, 2.75) is 24.3 Å². The third-order valence-corrected chi connectivity index (χ3v) is 5.26. The van der Waals surface area contributed by atoms with Crippen LogP contribution >= 0.6 is 11.8 Å². The van der Waals surface area contributed by atoms with E-state index in [2.05, 4.69) is 20.2 Å². The van der Waals surface area contributed by atoms with Gasteiger partial charge in [-0.25, -0.2) is 4.98 Å². The summed E-state index contributed by atoms with van der Waals surface area (Å²) < 4.78 is 0. The van der Waals surface area contributed by atoms with Crippen LogP contribution in [0.15, 0.2) is 59.8 Å². The van der Waals surface area contributed by atoms with Gasteiger partial charge in [0.2, 0.25) is 5.16 Å². The lowest BCUT2D eigenvalue weighted by atomic mass is 10.1. The van der Waals surface area contributed by atoms with E-state index in [0.717, 1.165) is 27.7 Å². The molecular weight excluding hydrogens is 344 g/mol. The molecule has 0 saturated heterocycles. The van der Waals surface area contributed by atoms with Gasteiger partial charge in [0.25, 0.3) is 0 Å². The van der Waals surface area contributed by atoms with Crippen molar-refractivity contribution < 1.29 is 4.79 Å². The largest absolute Gasteiger partial charge is 0.358 e. The van der Waals surface area contributed by atoms with Gasteiger partial charge >= 0.3 is 0 Å². The van der Waals surface area contributed by atoms with E-state index in [1.165, 1.54) is 11.8 Å². The van der Waals surface area contributed by atoms with Crippen molar-refractivity contribution in [2.24, 2.45) is 0 Å². The van der Waals surface area contributed by atoms with E-state index < -0.39 is 0 Å². The lowest BCUT2D eigenvalue weighted by molar-refractivity contribution is 0.0995. The van der Waals surface area contributed by atoms with Gasteiger partial charge in [0.15, 0.2) is 11.6 Å². The fourth-order valence-corrected chi connectivity index (χ4v) is 3.82. The minimum Gasteiger partial charge on any atom is -0.358 e. The molecule has 0 fully saturated rings. The first-order chi connectivity index (χ1) is 12.6. The Bertz CT molecular complexity index is 1070. The molecule has 4 rings (SSSR count). The molecule has 0 aliphatic carbocycles. The van der Waals surface area contributed by atoms with E-state index in [1.807, 2.05) is 68.4 Å². The van der Waals surface area contributed by atoms with E-state index in [4.69, 9.17) is 0 Å². The quantitative estimate of drug-likeness (QED) is 0.401. The summed E-state index contributed by atoms with van der Waals surface area (Å²) in [5.41, 5.74) is 3.59. The van der Waals surface area contributed by atoms with Crippen molar-refractivity contribution in [3.8, 4) is 11.4 Å². The summed E-state index contributed by atoms with van der Waals surface area (Å²) in [7, 11) is 0. The Labute approximate surface area is 155 Å². The molecule has 0 aliphatic heterocycles. The molecule has 4 aromatic rings. The van der Waals surface area contributed by atoms with Crippen LogP contribution in [-0.2, 0) is 0 Å². The second kappa shape index (κ2) is 6.80. The first kappa shape index (κ1) is 16.6. The van der Waals surface area contributed by atoms with Crippen molar-refractivity contribution in [3.05, 3.63) is 65.9 Å². The number of nitrogens with zero attached hydrogens (tertiary/aromatic N) is 2. The second-order valence-corrected chi connectivity index (χ2v) is 7.44. The number of aryl methyl sites for hydroxylation is 1. The van der Waals surface area contributed by atoms with Crippen molar-refractivity contribution in [1.82, 2.24) is 20.2 Å². The number of hydrogen-bond acceptors (Lipinski definition) is 4. The number of hydrogen-bond donors (Lipinski definition) is 2. The molecule has 2 aromatic carbocycles. The Morgan fingerprint density at radius 1 is 1.08 bits per heavy atom. The van der Waals surface area contributed by atoms with Crippen LogP contribution in [0.3, 0.4) is 0 Å². The third kappa shape index (κ3) is 3.04. The zero-order valence-electron chi connectivity index (χ0n) is 14.5. The van der Waals surface area contributed by atoms with Gasteiger partial charge in [0.05, 0.1) is 5.25 Å². The third-order valence-electron chi connectivity index (χ3n) is 4.30. The second-order valence-electron chi connectivity index (χ2n) is 6.13. The number of aromatic nitrogens is 4. The molecule has 130 valence electrons. The maximum Gasteiger partial charge on any atom is 0.209 e. The van der Waals surface area contributed by atoms with Crippen LogP contribution in [0.1, 0.15) is 23.0 Å². The fraction of sp³-hybridized carbons (Fsp3) is 0.150. The van der Waals surface area contributed by atoms with Crippen molar-refractivity contribution in [3.63, 3.8) is 0 Å². The minimum absolute atomic E-state index is 0.0796. The van der Waals surface area contributed by atoms with Gasteiger partial charge in [0.1, 0.15) is 0 Å². The standard InChI is InChI=1S/C20H18N4OS/c1-12-17(15-10-6-7-11-16(15)21-12)18(25)13(2)26-20-22-19(23-24-20)14-8-4-3-5-9-14/h3-11,13,21H,1-2H3,(H,22,23,24)/t13-/m0/s1. The van der Waals surface area contributed by atoms with Gasteiger partial charge in [-0.15, -0.1) is 5.10 Å². The molecule has 0 radical (unpaired) electrons. The van der Waals surface area contributed by atoms with Crippen molar-refractivity contribution >= 4 is 28.4 Å². The number of carbonyl (C=O) groups excluding carboxylic acids is 1. The van der Waals surface area contributed by atoms with Gasteiger partial charge in [-0.2, -0.15) is 0 Å².